The molecule has 2 atom stereocenters. The number of benzene rings is 1. The van der Waals surface area contributed by atoms with Crippen LogP contribution in [0.2, 0.25) is 0 Å². The van der Waals surface area contributed by atoms with Gasteiger partial charge in [0.25, 0.3) is 0 Å². The molecule has 8 heteroatoms. The van der Waals surface area contributed by atoms with Gasteiger partial charge in [0.2, 0.25) is 5.91 Å². The summed E-state index contributed by atoms with van der Waals surface area (Å²) in [4.78, 5) is 16.4. The molecule has 0 bridgehead atoms. The van der Waals surface area contributed by atoms with Crippen molar-refractivity contribution in [3.05, 3.63) is 48.3 Å². The van der Waals surface area contributed by atoms with Gasteiger partial charge >= 0.3 is 0 Å². The predicted molar refractivity (Wildman–Crippen MR) is 106 cm³/mol. The lowest BCUT2D eigenvalue weighted by molar-refractivity contribution is -0.123. The number of anilines is 1. The number of hydrogen-bond donors (Lipinski definition) is 2. The Morgan fingerprint density at radius 2 is 2.15 bits per heavy atom. The number of nitrogens with one attached hydrogen (secondary N) is 2. The highest BCUT2D eigenvalue weighted by Gasteiger charge is 2.28. The minimum atomic E-state index is -0.342. The molecule has 0 radical (unpaired) electrons. The van der Waals surface area contributed by atoms with Crippen LogP contribution in [0.4, 0.5) is 5.69 Å². The number of amides is 1. The van der Waals surface area contributed by atoms with Gasteiger partial charge in [0, 0.05) is 18.4 Å². The minimum Gasteiger partial charge on any atom is -0.455 e. The Morgan fingerprint density at radius 3 is 2.81 bits per heavy atom. The Morgan fingerprint density at radius 1 is 1.35 bits per heavy atom. The fraction of sp³-hybridized carbons (Fsp3) is 0.333. The van der Waals surface area contributed by atoms with Gasteiger partial charge in [-0.1, -0.05) is 0 Å². The van der Waals surface area contributed by atoms with Gasteiger partial charge in [-0.3, -0.25) is 9.78 Å². The SMILES string of the molecule is Cc1cc(NC(=O)[C@H]2NCCO[C@@H]2C)ccc1Oc1cccnc1.Cl.Cl. The molecule has 0 aliphatic carbocycles. The predicted octanol–water partition coefficient (Wildman–Crippen LogP) is 3.34. The van der Waals surface area contributed by atoms with E-state index in [4.69, 9.17) is 9.47 Å². The van der Waals surface area contributed by atoms with Crippen molar-refractivity contribution in [1.82, 2.24) is 10.3 Å². The van der Waals surface area contributed by atoms with Gasteiger partial charge in [0.1, 0.15) is 17.5 Å². The van der Waals surface area contributed by atoms with Crippen LogP contribution in [0, 0.1) is 6.92 Å². The summed E-state index contributed by atoms with van der Waals surface area (Å²) in [5, 5.41) is 6.10. The van der Waals surface area contributed by atoms with Crippen LogP contribution in [-0.2, 0) is 9.53 Å². The van der Waals surface area contributed by atoms with E-state index in [9.17, 15) is 4.79 Å². The van der Waals surface area contributed by atoms with E-state index in [2.05, 4.69) is 15.6 Å². The highest BCUT2D eigenvalue weighted by molar-refractivity contribution is 5.95. The number of hydrogen-bond acceptors (Lipinski definition) is 5. The number of morpholine rings is 1. The number of pyridine rings is 1. The van der Waals surface area contributed by atoms with Crippen LogP contribution >= 0.6 is 24.8 Å². The van der Waals surface area contributed by atoms with Gasteiger partial charge < -0.3 is 20.1 Å². The van der Waals surface area contributed by atoms with E-state index in [1.54, 1.807) is 12.4 Å². The number of ether oxygens (including phenoxy) is 2. The van der Waals surface area contributed by atoms with Gasteiger partial charge in [-0.2, -0.15) is 0 Å². The van der Waals surface area contributed by atoms with Crippen molar-refractivity contribution in [2.24, 2.45) is 0 Å². The third kappa shape index (κ3) is 5.57. The van der Waals surface area contributed by atoms with Crippen LogP contribution in [-0.4, -0.2) is 36.2 Å². The lowest BCUT2D eigenvalue weighted by Crippen LogP contribution is -2.53. The van der Waals surface area contributed by atoms with Crippen LogP contribution < -0.4 is 15.4 Å². The quantitative estimate of drug-likeness (QED) is 0.824. The molecule has 0 saturated carbocycles. The van der Waals surface area contributed by atoms with Gasteiger partial charge in [-0.15, -0.1) is 24.8 Å². The van der Waals surface area contributed by atoms with Crippen molar-refractivity contribution < 1.29 is 14.3 Å². The topological polar surface area (TPSA) is 72.5 Å². The third-order valence-corrected chi connectivity index (χ3v) is 3.90. The van der Waals surface area contributed by atoms with Crippen molar-refractivity contribution in [1.29, 1.82) is 0 Å². The fourth-order valence-corrected chi connectivity index (χ4v) is 2.62. The van der Waals surface area contributed by atoms with E-state index in [1.165, 1.54) is 0 Å². The van der Waals surface area contributed by atoms with Crippen LogP contribution in [0.15, 0.2) is 42.7 Å². The summed E-state index contributed by atoms with van der Waals surface area (Å²) in [5.41, 5.74) is 1.66. The standard InChI is InChI=1S/C18H21N3O3.2ClH/c1-12-10-14(21-18(22)17-13(2)23-9-8-20-17)5-6-16(12)24-15-4-3-7-19-11-15;;/h3-7,10-11,13,17,20H,8-9H2,1-2H3,(H,21,22);2*1H/t13-,17+;;/m1../s1. The van der Waals surface area contributed by atoms with Crippen molar-refractivity contribution in [2.45, 2.75) is 26.0 Å². The number of aromatic nitrogens is 1. The Balaban J connectivity index is 0.00000169. The smallest absolute Gasteiger partial charge is 0.244 e. The zero-order chi connectivity index (χ0) is 16.9. The summed E-state index contributed by atoms with van der Waals surface area (Å²) in [6.07, 6.45) is 3.21. The Labute approximate surface area is 165 Å². The number of aryl methyl sites for hydroxylation is 1. The van der Waals surface area contributed by atoms with E-state index in [-0.39, 0.29) is 42.9 Å². The zero-order valence-corrected chi connectivity index (χ0v) is 16.2. The summed E-state index contributed by atoms with van der Waals surface area (Å²) in [5.74, 6) is 1.31. The van der Waals surface area contributed by atoms with Gasteiger partial charge in [-0.05, 0) is 49.7 Å². The number of halogens is 2. The summed E-state index contributed by atoms with van der Waals surface area (Å²) in [7, 11) is 0. The molecule has 1 saturated heterocycles. The van der Waals surface area contributed by atoms with E-state index < -0.39 is 0 Å². The number of nitrogens with zero attached hydrogens (tertiary/aromatic N) is 1. The molecule has 2 heterocycles. The summed E-state index contributed by atoms with van der Waals surface area (Å²) >= 11 is 0. The molecule has 2 aromatic rings. The Bertz CT molecular complexity index is 716. The van der Waals surface area contributed by atoms with Gasteiger partial charge in [0.15, 0.2) is 0 Å². The largest absolute Gasteiger partial charge is 0.455 e. The van der Waals surface area contributed by atoms with E-state index >= 15 is 0 Å². The molecular formula is C18H23Cl2N3O3. The van der Waals surface area contributed by atoms with Gasteiger partial charge in [0.05, 0.1) is 18.9 Å². The number of carbonyl (C=O) groups excluding carboxylic acids is 1. The van der Waals surface area contributed by atoms with Crippen LogP contribution in [0.3, 0.4) is 0 Å². The molecule has 0 spiro atoms. The molecule has 1 aliphatic heterocycles. The molecule has 1 aliphatic rings. The van der Waals surface area contributed by atoms with E-state index in [0.29, 0.717) is 18.9 Å². The first-order valence-corrected chi connectivity index (χ1v) is 7.98. The van der Waals surface area contributed by atoms with Crippen molar-refractivity contribution >= 4 is 36.4 Å². The summed E-state index contributed by atoms with van der Waals surface area (Å²) in [6, 6.07) is 8.87. The third-order valence-electron chi connectivity index (χ3n) is 3.90. The number of carbonyl (C=O) groups is 1. The van der Waals surface area contributed by atoms with Crippen molar-refractivity contribution in [3.63, 3.8) is 0 Å². The maximum absolute atomic E-state index is 12.4. The first kappa shape index (κ1) is 22.2. The first-order valence-electron chi connectivity index (χ1n) is 7.98. The molecule has 1 aromatic carbocycles. The molecule has 142 valence electrons. The second-order valence-corrected chi connectivity index (χ2v) is 5.77. The molecule has 1 amide bonds. The average Bonchev–Trinajstić information content (AvgIpc) is 2.58. The lowest BCUT2D eigenvalue weighted by atomic mass is 10.1. The Hall–Kier alpha value is -1.86. The average molecular weight is 400 g/mol. The molecule has 26 heavy (non-hydrogen) atoms. The van der Waals surface area contributed by atoms with Crippen LogP contribution in [0.25, 0.3) is 0 Å². The van der Waals surface area contributed by atoms with Crippen molar-refractivity contribution in [3.8, 4) is 11.5 Å². The van der Waals surface area contributed by atoms with E-state index in [1.807, 2.05) is 44.2 Å². The molecule has 3 rings (SSSR count). The number of rotatable bonds is 4. The molecule has 0 unspecified atom stereocenters. The maximum Gasteiger partial charge on any atom is 0.244 e. The molecule has 1 fully saturated rings. The van der Waals surface area contributed by atoms with Gasteiger partial charge in [-0.25, -0.2) is 0 Å². The molecule has 2 N–H and O–H groups in total. The zero-order valence-electron chi connectivity index (χ0n) is 14.6. The van der Waals surface area contributed by atoms with Crippen LogP contribution in [0.5, 0.6) is 11.5 Å². The second-order valence-electron chi connectivity index (χ2n) is 5.77. The second kappa shape index (κ2) is 10.3. The minimum absolute atomic E-state index is 0. The highest BCUT2D eigenvalue weighted by atomic mass is 35.5. The molecular weight excluding hydrogens is 377 g/mol. The fourth-order valence-electron chi connectivity index (χ4n) is 2.62. The first-order chi connectivity index (χ1) is 11.6. The Kier molecular flexibility index (Phi) is 8.81. The lowest BCUT2D eigenvalue weighted by Gasteiger charge is -2.29. The normalized spacial score (nSPS) is 18.8. The summed E-state index contributed by atoms with van der Waals surface area (Å²) < 4.78 is 11.3. The van der Waals surface area contributed by atoms with E-state index in [0.717, 1.165) is 17.0 Å². The highest BCUT2D eigenvalue weighted by Crippen LogP contribution is 2.27. The van der Waals surface area contributed by atoms with Crippen molar-refractivity contribution in [2.75, 3.05) is 18.5 Å². The molecule has 6 nitrogen and oxygen atoms in total. The monoisotopic (exact) mass is 399 g/mol. The molecule has 1 aromatic heterocycles. The maximum atomic E-state index is 12.4. The van der Waals surface area contributed by atoms with Crippen LogP contribution in [0.1, 0.15) is 12.5 Å². The summed E-state index contributed by atoms with van der Waals surface area (Å²) in [6.45, 7) is 5.14.